The molecule has 1 aromatic carbocycles. The van der Waals surface area contributed by atoms with Gasteiger partial charge in [-0.3, -0.25) is 5.32 Å². The van der Waals surface area contributed by atoms with Crippen molar-refractivity contribution in [2.24, 2.45) is 0 Å². The van der Waals surface area contributed by atoms with Gasteiger partial charge in [0.15, 0.2) is 12.0 Å². The van der Waals surface area contributed by atoms with Crippen LogP contribution >= 0.6 is 0 Å². The van der Waals surface area contributed by atoms with Gasteiger partial charge in [-0.2, -0.15) is 0 Å². The molecule has 0 aliphatic carbocycles. The van der Waals surface area contributed by atoms with Crippen molar-refractivity contribution in [2.45, 2.75) is 45.1 Å². The molecule has 1 aliphatic rings. The number of anilines is 2. The van der Waals surface area contributed by atoms with Crippen molar-refractivity contribution < 1.29 is 22.7 Å². The van der Waals surface area contributed by atoms with Crippen molar-refractivity contribution in [3.05, 3.63) is 18.5 Å². The molecule has 1 fully saturated rings. The lowest BCUT2D eigenvalue weighted by Gasteiger charge is -2.33. The van der Waals surface area contributed by atoms with Gasteiger partial charge in [-0.15, -0.1) is 0 Å². The zero-order valence-electron chi connectivity index (χ0n) is 14.4. The number of carbonyl (C=O) groups excluding carboxylic acids is 1. The van der Waals surface area contributed by atoms with Crippen molar-refractivity contribution >= 4 is 28.6 Å². The number of nitrogens with zero attached hydrogens (tertiary/aromatic N) is 2. The molecular weight excluding hydrogens is 332 g/mol. The minimum absolute atomic E-state index is 0.212. The van der Waals surface area contributed by atoms with Gasteiger partial charge >= 0.3 is 6.09 Å². The molecule has 136 valence electrons. The summed E-state index contributed by atoms with van der Waals surface area (Å²) in [5.41, 5.74) is 1.56. The fourth-order valence-corrected chi connectivity index (χ4v) is 2.76. The summed E-state index contributed by atoms with van der Waals surface area (Å²) in [5, 5.41) is 2.65. The molecule has 1 saturated heterocycles. The molecule has 0 spiro atoms. The maximum atomic E-state index is 13.4. The molecule has 8 heteroatoms. The highest BCUT2D eigenvalue weighted by Gasteiger charge is 2.34. The van der Waals surface area contributed by atoms with Crippen LogP contribution in [0.25, 0.3) is 11.1 Å². The minimum Gasteiger partial charge on any atom is -0.444 e. The van der Waals surface area contributed by atoms with E-state index in [1.165, 1.54) is 6.39 Å². The fraction of sp³-hybridized carbons (Fsp3) is 0.529. The van der Waals surface area contributed by atoms with E-state index in [1.807, 2.05) is 4.90 Å². The van der Waals surface area contributed by atoms with E-state index in [1.54, 1.807) is 32.9 Å². The number of oxazole rings is 1. The first-order valence-corrected chi connectivity index (χ1v) is 8.13. The minimum atomic E-state index is -2.63. The monoisotopic (exact) mass is 353 g/mol. The Morgan fingerprint density at radius 1 is 1.32 bits per heavy atom. The van der Waals surface area contributed by atoms with Gasteiger partial charge in [0.1, 0.15) is 11.1 Å². The molecule has 0 atom stereocenters. The number of carbonyl (C=O) groups is 1. The van der Waals surface area contributed by atoms with Gasteiger partial charge < -0.3 is 14.1 Å². The Kier molecular flexibility index (Phi) is 4.30. The molecule has 1 N–H and O–H groups in total. The molecule has 6 nitrogen and oxygen atoms in total. The number of nitrogens with one attached hydrogen (secondary N) is 1. The van der Waals surface area contributed by atoms with Crippen LogP contribution in [-0.4, -0.2) is 35.7 Å². The Labute approximate surface area is 144 Å². The van der Waals surface area contributed by atoms with Crippen LogP contribution < -0.4 is 10.2 Å². The van der Waals surface area contributed by atoms with Gasteiger partial charge in [0, 0.05) is 37.7 Å². The zero-order valence-corrected chi connectivity index (χ0v) is 14.4. The maximum Gasteiger partial charge on any atom is 0.412 e. The normalized spacial score (nSPS) is 17.6. The fourth-order valence-electron chi connectivity index (χ4n) is 2.76. The van der Waals surface area contributed by atoms with Crippen molar-refractivity contribution in [3.63, 3.8) is 0 Å². The Hall–Kier alpha value is -2.38. The molecule has 3 rings (SSSR count). The van der Waals surface area contributed by atoms with Gasteiger partial charge in [-0.05, 0) is 26.8 Å². The van der Waals surface area contributed by atoms with Gasteiger partial charge in [-0.25, -0.2) is 18.6 Å². The van der Waals surface area contributed by atoms with Crippen molar-refractivity contribution in [3.8, 4) is 0 Å². The Morgan fingerprint density at radius 2 is 2.00 bits per heavy atom. The summed E-state index contributed by atoms with van der Waals surface area (Å²) in [6.45, 7) is 5.73. The lowest BCUT2D eigenvalue weighted by molar-refractivity contribution is -0.0220. The second kappa shape index (κ2) is 6.16. The van der Waals surface area contributed by atoms with E-state index < -0.39 is 17.6 Å². The largest absolute Gasteiger partial charge is 0.444 e. The summed E-state index contributed by atoms with van der Waals surface area (Å²) in [4.78, 5) is 18.0. The van der Waals surface area contributed by atoms with E-state index >= 15 is 0 Å². The summed E-state index contributed by atoms with van der Waals surface area (Å²) in [6.07, 6.45) is 0.276. The van der Waals surface area contributed by atoms with E-state index in [2.05, 4.69) is 10.3 Å². The molecule has 2 aromatic rings. The number of piperidine rings is 1. The Morgan fingerprint density at radius 3 is 2.64 bits per heavy atom. The number of hydrogen-bond acceptors (Lipinski definition) is 5. The number of halogens is 2. The van der Waals surface area contributed by atoms with Crippen LogP contribution in [0.5, 0.6) is 0 Å². The highest BCUT2D eigenvalue weighted by molar-refractivity contribution is 5.95. The summed E-state index contributed by atoms with van der Waals surface area (Å²) in [5.74, 6) is -2.63. The first kappa shape index (κ1) is 17.4. The van der Waals surface area contributed by atoms with Crippen LogP contribution in [0.4, 0.5) is 25.0 Å². The standard InChI is InChI=1S/C17H21F2N3O3/c1-16(2,3)25-15(23)21-11-8-12(14-13(9-11)24-10-20-14)22-6-4-17(18,19)5-7-22/h8-10H,4-7H2,1-3H3,(H,21,23). The van der Waals surface area contributed by atoms with E-state index in [0.717, 1.165) is 0 Å². The number of rotatable bonds is 2. The van der Waals surface area contributed by atoms with Crippen LogP contribution in [0.2, 0.25) is 0 Å². The Bertz CT molecular complexity index is 773. The number of alkyl halides is 2. The van der Waals surface area contributed by atoms with Crippen LogP contribution in [0, 0.1) is 0 Å². The van der Waals surface area contributed by atoms with Crippen LogP contribution in [0.3, 0.4) is 0 Å². The highest BCUT2D eigenvalue weighted by Crippen LogP contribution is 2.35. The molecule has 0 radical (unpaired) electrons. The first-order chi connectivity index (χ1) is 11.6. The molecule has 0 saturated carbocycles. The molecule has 1 aromatic heterocycles. The summed E-state index contributed by atoms with van der Waals surface area (Å²) < 4.78 is 37.4. The summed E-state index contributed by atoms with van der Waals surface area (Å²) in [7, 11) is 0. The third kappa shape index (κ3) is 4.18. The van der Waals surface area contributed by atoms with Crippen LogP contribution in [0.1, 0.15) is 33.6 Å². The second-order valence-electron chi connectivity index (χ2n) is 7.16. The molecule has 0 unspecified atom stereocenters. The van der Waals surface area contributed by atoms with E-state index in [4.69, 9.17) is 9.15 Å². The zero-order chi connectivity index (χ0) is 18.2. The predicted molar refractivity (Wildman–Crippen MR) is 90.3 cm³/mol. The number of fused-ring (bicyclic) bond motifs is 1. The quantitative estimate of drug-likeness (QED) is 0.866. The van der Waals surface area contributed by atoms with Gasteiger partial charge in [0.05, 0.1) is 5.69 Å². The first-order valence-electron chi connectivity index (χ1n) is 8.13. The highest BCUT2D eigenvalue weighted by atomic mass is 19.3. The van der Waals surface area contributed by atoms with Crippen molar-refractivity contribution in [1.29, 1.82) is 0 Å². The smallest absolute Gasteiger partial charge is 0.412 e. The van der Waals surface area contributed by atoms with E-state index in [0.29, 0.717) is 22.5 Å². The number of ether oxygens (including phenoxy) is 1. The van der Waals surface area contributed by atoms with Crippen molar-refractivity contribution in [2.75, 3.05) is 23.3 Å². The van der Waals surface area contributed by atoms with Gasteiger partial charge in [-0.1, -0.05) is 0 Å². The maximum absolute atomic E-state index is 13.4. The molecule has 0 bridgehead atoms. The number of aromatic nitrogens is 1. The predicted octanol–water partition coefficient (Wildman–Crippen LogP) is 4.41. The lowest BCUT2D eigenvalue weighted by atomic mass is 10.1. The Balaban J connectivity index is 1.86. The summed E-state index contributed by atoms with van der Waals surface area (Å²) in [6, 6.07) is 3.34. The van der Waals surface area contributed by atoms with E-state index in [-0.39, 0.29) is 25.9 Å². The van der Waals surface area contributed by atoms with Crippen LogP contribution in [-0.2, 0) is 4.74 Å². The van der Waals surface area contributed by atoms with Gasteiger partial charge in [0.2, 0.25) is 0 Å². The molecular formula is C17H21F2N3O3. The second-order valence-corrected chi connectivity index (χ2v) is 7.16. The van der Waals surface area contributed by atoms with Gasteiger partial charge in [0.25, 0.3) is 5.92 Å². The number of benzene rings is 1. The van der Waals surface area contributed by atoms with E-state index in [9.17, 15) is 13.6 Å². The number of hydrogen-bond donors (Lipinski definition) is 1. The van der Waals surface area contributed by atoms with Crippen molar-refractivity contribution in [1.82, 2.24) is 4.98 Å². The SMILES string of the molecule is CC(C)(C)OC(=O)Nc1cc(N2CCC(F)(F)CC2)c2ncoc2c1. The van der Waals surface area contributed by atoms with Crippen LogP contribution in [0.15, 0.2) is 22.9 Å². The molecule has 1 amide bonds. The molecule has 1 aliphatic heterocycles. The third-order valence-corrected chi connectivity index (χ3v) is 3.90. The summed E-state index contributed by atoms with van der Waals surface area (Å²) >= 11 is 0. The third-order valence-electron chi connectivity index (χ3n) is 3.90. The lowest BCUT2D eigenvalue weighted by Crippen LogP contribution is -2.39. The average Bonchev–Trinajstić information content (AvgIpc) is 2.92. The number of amides is 1. The molecule has 2 heterocycles. The topological polar surface area (TPSA) is 67.6 Å². The average molecular weight is 353 g/mol. The molecule has 25 heavy (non-hydrogen) atoms.